The Labute approximate surface area is 114 Å². The zero-order chi connectivity index (χ0) is 19.2. The molecule has 0 heterocycles. The summed E-state index contributed by atoms with van der Waals surface area (Å²) in [5, 5.41) is 0. The van der Waals surface area contributed by atoms with Gasteiger partial charge in [0, 0.05) is 0 Å². The highest BCUT2D eigenvalue weighted by molar-refractivity contribution is 5.27. The third-order valence-corrected chi connectivity index (χ3v) is 1.80. The van der Waals surface area contributed by atoms with Crippen LogP contribution in [-0.4, -0.2) is 36.0 Å². The summed E-state index contributed by atoms with van der Waals surface area (Å²) in [6.45, 7) is 0. The van der Waals surface area contributed by atoms with Crippen LogP contribution in [0.4, 0.5) is 65.9 Å². The minimum atomic E-state index is -7.29. The van der Waals surface area contributed by atoms with Crippen LogP contribution in [0.1, 0.15) is 0 Å². The van der Waals surface area contributed by atoms with Crippen molar-refractivity contribution in [1.29, 1.82) is 0 Å². The van der Waals surface area contributed by atoms with Gasteiger partial charge >= 0.3 is 31.1 Å². The molecular formula is C7F15N. The van der Waals surface area contributed by atoms with Crippen LogP contribution >= 0.6 is 0 Å². The second-order valence-corrected chi connectivity index (χ2v) is 3.49. The maximum atomic E-state index is 12.2. The monoisotopic (exact) mass is 383 g/mol. The van der Waals surface area contributed by atoms with Gasteiger partial charge in [0.1, 0.15) is 0 Å². The Morgan fingerprint density at radius 1 is 0.435 bits per heavy atom. The largest absolute Gasteiger partial charge is 0.491 e. The number of hydrogen-bond acceptors (Lipinski definition) is 1. The van der Waals surface area contributed by atoms with Gasteiger partial charge in [-0.1, -0.05) is 0 Å². The Morgan fingerprint density at radius 3 is 0.826 bits per heavy atom. The molecular weight excluding hydrogens is 383 g/mol. The molecule has 0 aromatic rings. The molecule has 0 aromatic carbocycles. The molecule has 138 valence electrons. The molecule has 0 unspecified atom stereocenters. The van der Waals surface area contributed by atoms with Crippen molar-refractivity contribution in [1.82, 2.24) is 4.90 Å². The fourth-order valence-corrected chi connectivity index (χ4v) is 1.21. The van der Waals surface area contributed by atoms with Crippen LogP contribution in [0, 0.1) is 0 Å². The fourth-order valence-electron chi connectivity index (χ4n) is 1.21. The molecule has 23 heavy (non-hydrogen) atoms. The van der Waals surface area contributed by atoms with E-state index in [-0.39, 0.29) is 0 Å². The highest BCUT2D eigenvalue weighted by atomic mass is 19.4. The van der Waals surface area contributed by atoms with E-state index >= 15 is 0 Å². The van der Waals surface area contributed by atoms with Crippen LogP contribution in [-0.2, 0) is 0 Å². The standard InChI is InChI=1S/C7F15N/c8-3(9,10)1(4(11,12)13)2(5(14,15)16)23(6(17,18)19)7(20,21)22. The molecule has 0 aliphatic carbocycles. The molecule has 0 spiro atoms. The summed E-state index contributed by atoms with van der Waals surface area (Å²) in [5.74, 6) is 0. The van der Waals surface area contributed by atoms with Crippen molar-refractivity contribution in [3.63, 3.8) is 0 Å². The highest BCUT2D eigenvalue weighted by Crippen LogP contribution is 2.50. The van der Waals surface area contributed by atoms with Crippen LogP contribution in [0.2, 0.25) is 0 Å². The molecule has 16 heteroatoms. The van der Waals surface area contributed by atoms with Crippen LogP contribution in [0.25, 0.3) is 0 Å². The minimum Gasteiger partial charge on any atom is -0.187 e. The molecule has 0 fully saturated rings. The van der Waals surface area contributed by atoms with Gasteiger partial charge in [-0.05, 0) is 0 Å². The Hall–Kier alpha value is -1.51. The van der Waals surface area contributed by atoms with Gasteiger partial charge in [0.15, 0.2) is 11.3 Å². The van der Waals surface area contributed by atoms with Gasteiger partial charge in [0.2, 0.25) is 0 Å². The third-order valence-electron chi connectivity index (χ3n) is 1.80. The Bertz CT molecular complexity index is 421. The molecule has 1 nitrogen and oxygen atoms in total. The second-order valence-electron chi connectivity index (χ2n) is 3.49. The van der Waals surface area contributed by atoms with Crippen molar-refractivity contribution in [2.75, 3.05) is 0 Å². The van der Waals surface area contributed by atoms with E-state index in [4.69, 9.17) is 0 Å². The van der Waals surface area contributed by atoms with Crippen molar-refractivity contribution in [3.8, 4) is 0 Å². The Balaban J connectivity index is 7.08. The lowest BCUT2D eigenvalue weighted by Gasteiger charge is -2.33. The molecule has 0 aliphatic rings. The summed E-state index contributed by atoms with van der Waals surface area (Å²) in [6.07, 6.45) is -36.3. The van der Waals surface area contributed by atoms with Gasteiger partial charge in [-0.2, -0.15) is 44.4 Å². The zero-order valence-corrected chi connectivity index (χ0v) is 9.62. The van der Waals surface area contributed by atoms with Crippen molar-refractivity contribution < 1.29 is 65.9 Å². The molecule has 0 saturated carbocycles. The van der Waals surface area contributed by atoms with Crippen molar-refractivity contribution in [2.24, 2.45) is 0 Å². The minimum absolute atomic E-state index is 3.89. The van der Waals surface area contributed by atoms with Gasteiger partial charge in [-0.15, -0.1) is 26.3 Å². The van der Waals surface area contributed by atoms with Crippen molar-refractivity contribution in [3.05, 3.63) is 11.3 Å². The number of rotatable bonds is 1. The molecule has 0 amide bonds. The predicted octanol–water partition coefficient (Wildman–Crippen LogP) is 5.27. The number of halogens is 15. The number of nitrogens with zero attached hydrogens (tertiary/aromatic N) is 1. The van der Waals surface area contributed by atoms with Crippen molar-refractivity contribution in [2.45, 2.75) is 31.1 Å². The van der Waals surface area contributed by atoms with E-state index in [0.29, 0.717) is 0 Å². The summed E-state index contributed by atoms with van der Waals surface area (Å²) in [6, 6.07) is 0. The zero-order valence-electron chi connectivity index (χ0n) is 9.62. The van der Waals surface area contributed by atoms with Gasteiger partial charge in [0.25, 0.3) is 0 Å². The fraction of sp³-hybridized carbons (Fsp3) is 0.714. The van der Waals surface area contributed by atoms with E-state index in [1.165, 1.54) is 0 Å². The first-order valence-electron chi connectivity index (χ1n) is 4.51. The normalized spacial score (nSPS) is 14.7. The Kier molecular flexibility index (Phi) is 5.17. The van der Waals surface area contributed by atoms with Crippen LogP contribution in [0.5, 0.6) is 0 Å². The molecule has 0 atom stereocenters. The first kappa shape index (κ1) is 21.5. The van der Waals surface area contributed by atoms with Gasteiger partial charge < -0.3 is 0 Å². The summed E-state index contributed by atoms with van der Waals surface area (Å²) in [7, 11) is 0. The number of allylic oxidation sites excluding steroid dienone is 2. The average Bonchev–Trinajstić information content (AvgIpc) is 2.04. The highest BCUT2D eigenvalue weighted by Gasteiger charge is 2.67. The van der Waals surface area contributed by atoms with Crippen LogP contribution < -0.4 is 0 Å². The first-order chi connectivity index (χ1) is 9.61. The molecule has 0 aliphatic heterocycles. The molecule has 0 rings (SSSR count). The SMILES string of the molecule is FC(F)(F)C(=C(C(F)(F)F)C(F)(F)F)N(C(F)(F)F)C(F)(F)F. The number of hydrogen-bond donors (Lipinski definition) is 0. The smallest absolute Gasteiger partial charge is 0.187 e. The van der Waals surface area contributed by atoms with E-state index in [2.05, 4.69) is 0 Å². The maximum Gasteiger partial charge on any atom is 0.491 e. The van der Waals surface area contributed by atoms with E-state index in [1.54, 1.807) is 0 Å². The molecule has 0 bridgehead atoms. The molecule has 0 aromatic heterocycles. The quantitative estimate of drug-likeness (QED) is 0.441. The predicted molar refractivity (Wildman–Crippen MR) is 39.1 cm³/mol. The average molecular weight is 383 g/mol. The van der Waals surface area contributed by atoms with E-state index in [9.17, 15) is 65.9 Å². The molecule has 0 saturated heterocycles. The lowest BCUT2D eigenvalue weighted by atomic mass is 10.1. The second kappa shape index (κ2) is 5.54. The summed E-state index contributed by atoms with van der Waals surface area (Å²) in [5.41, 5.74) is -9.98. The van der Waals surface area contributed by atoms with Crippen LogP contribution in [0.3, 0.4) is 0 Å². The first-order valence-corrected chi connectivity index (χ1v) is 4.51. The van der Waals surface area contributed by atoms with Gasteiger partial charge in [-0.3, -0.25) is 0 Å². The summed E-state index contributed by atoms with van der Waals surface area (Å²) < 4.78 is 182. The van der Waals surface area contributed by atoms with Crippen LogP contribution in [0.15, 0.2) is 11.3 Å². The van der Waals surface area contributed by atoms with E-state index in [1.807, 2.05) is 0 Å². The summed E-state index contributed by atoms with van der Waals surface area (Å²) in [4.78, 5) is -3.89. The van der Waals surface area contributed by atoms with Gasteiger partial charge in [0.05, 0.1) is 0 Å². The topological polar surface area (TPSA) is 3.24 Å². The Morgan fingerprint density at radius 2 is 0.696 bits per heavy atom. The number of alkyl halides is 15. The van der Waals surface area contributed by atoms with Gasteiger partial charge in [-0.25, -0.2) is 0 Å². The van der Waals surface area contributed by atoms with Crippen molar-refractivity contribution >= 4 is 0 Å². The lowest BCUT2D eigenvalue weighted by molar-refractivity contribution is -0.373. The molecule has 0 radical (unpaired) electrons. The van der Waals surface area contributed by atoms with E-state index < -0.39 is 47.3 Å². The van der Waals surface area contributed by atoms with E-state index in [0.717, 1.165) is 0 Å². The molecule has 0 N–H and O–H groups in total. The maximum absolute atomic E-state index is 12.2. The summed E-state index contributed by atoms with van der Waals surface area (Å²) >= 11 is 0. The third kappa shape index (κ3) is 5.26. The lowest BCUT2D eigenvalue weighted by Crippen LogP contribution is -2.53.